The molecule has 0 N–H and O–H groups in total. The monoisotopic (exact) mass is 362 g/mol. The van der Waals surface area contributed by atoms with Crippen LogP contribution in [0.15, 0.2) is 12.1 Å². The molecule has 0 heterocycles. The lowest BCUT2D eigenvalue weighted by molar-refractivity contribution is 0.459. The first kappa shape index (κ1) is 15.7. The largest absolute Gasteiger partial charge is 0.203 e. The molecule has 0 bridgehead atoms. The predicted molar refractivity (Wildman–Crippen MR) is 71.8 cm³/mol. The number of halogens is 8. The van der Waals surface area contributed by atoms with Crippen LogP contribution in [-0.4, -0.2) is 0 Å². The summed E-state index contributed by atoms with van der Waals surface area (Å²) in [6.07, 6.45) is 0. The van der Waals surface area contributed by atoms with E-state index in [4.69, 9.17) is 46.4 Å². The molecule has 0 amide bonds. The summed E-state index contributed by atoms with van der Waals surface area (Å²) in [6, 6.07) is 2.27. The van der Waals surface area contributed by atoms with Crippen LogP contribution in [0.3, 0.4) is 0 Å². The van der Waals surface area contributed by atoms with Gasteiger partial charge in [0.05, 0.1) is 15.6 Å². The first-order chi connectivity index (χ1) is 9.25. The van der Waals surface area contributed by atoms with Gasteiger partial charge in [0.25, 0.3) is 0 Å². The highest BCUT2D eigenvalue weighted by Gasteiger charge is 2.28. The summed E-state index contributed by atoms with van der Waals surface area (Å²) in [5.41, 5.74) is -1.46. The minimum absolute atomic E-state index is 0.0967. The highest BCUT2D eigenvalue weighted by Crippen LogP contribution is 2.42. The van der Waals surface area contributed by atoms with Crippen LogP contribution in [0.25, 0.3) is 11.1 Å². The summed E-state index contributed by atoms with van der Waals surface area (Å²) >= 11 is 22.3. The topological polar surface area (TPSA) is 0 Å². The lowest BCUT2D eigenvalue weighted by Gasteiger charge is -2.12. The van der Waals surface area contributed by atoms with Gasteiger partial charge in [0.2, 0.25) is 0 Å². The summed E-state index contributed by atoms with van der Waals surface area (Å²) < 4.78 is 54.5. The quantitative estimate of drug-likeness (QED) is 0.307. The maximum atomic E-state index is 13.8. The Bertz CT molecular complexity index is 663. The van der Waals surface area contributed by atoms with Crippen LogP contribution in [0.2, 0.25) is 20.1 Å². The van der Waals surface area contributed by atoms with Crippen molar-refractivity contribution < 1.29 is 17.6 Å². The molecule has 0 fully saturated rings. The summed E-state index contributed by atoms with van der Waals surface area (Å²) in [5, 5.41) is -1.72. The van der Waals surface area contributed by atoms with Gasteiger partial charge in [-0.2, -0.15) is 0 Å². The van der Waals surface area contributed by atoms with Crippen molar-refractivity contribution in [3.05, 3.63) is 55.5 Å². The van der Waals surface area contributed by atoms with Gasteiger partial charge in [0.1, 0.15) is 5.02 Å². The molecule has 0 saturated carbocycles. The van der Waals surface area contributed by atoms with Crippen LogP contribution < -0.4 is 0 Å². The van der Waals surface area contributed by atoms with E-state index in [1.807, 2.05) is 0 Å². The fraction of sp³-hybridized carbons (Fsp3) is 0. The second kappa shape index (κ2) is 5.60. The van der Waals surface area contributed by atoms with E-state index in [0.717, 1.165) is 12.1 Å². The molecule has 8 heteroatoms. The number of hydrogen-bond acceptors (Lipinski definition) is 0. The highest BCUT2D eigenvalue weighted by atomic mass is 35.5. The second-order valence-electron chi connectivity index (χ2n) is 3.69. The van der Waals surface area contributed by atoms with Crippen LogP contribution in [0.1, 0.15) is 0 Å². The fourth-order valence-electron chi connectivity index (χ4n) is 1.61. The first-order valence-corrected chi connectivity index (χ1v) is 6.43. The maximum absolute atomic E-state index is 13.8. The summed E-state index contributed by atoms with van der Waals surface area (Å²) in [5.74, 6) is -6.86. The molecular weight excluding hydrogens is 362 g/mol. The van der Waals surface area contributed by atoms with Crippen LogP contribution in [0.5, 0.6) is 0 Å². The Labute approximate surface area is 130 Å². The molecule has 0 spiro atoms. The SMILES string of the molecule is Fc1c(F)c(-c2c(Cl)cc(Cl)cc2Cl)c(F)c(F)c1Cl. The van der Waals surface area contributed by atoms with Crippen LogP contribution in [-0.2, 0) is 0 Å². The average molecular weight is 364 g/mol. The van der Waals surface area contributed by atoms with Crippen LogP contribution in [0.4, 0.5) is 17.6 Å². The van der Waals surface area contributed by atoms with E-state index in [9.17, 15) is 17.6 Å². The van der Waals surface area contributed by atoms with Crippen molar-refractivity contribution in [2.24, 2.45) is 0 Å². The third kappa shape index (κ3) is 2.46. The van der Waals surface area contributed by atoms with Gasteiger partial charge in [-0.1, -0.05) is 46.4 Å². The number of rotatable bonds is 1. The van der Waals surface area contributed by atoms with E-state index < -0.39 is 39.4 Å². The van der Waals surface area contributed by atoms with E-state index in [1.165, 1.54) is 0 Å². The molecule has 0 aliphatic carbocycles. The van der Waals surface area contributed by atoms with Gasteiger partial charge in [-0.25, -0.2) is 17.6 Å². The Morgan fingerprint density at radius 3 is 1.40 bits per heavy atom. The summed E-state index contributed by atoms with van der Waals surface area (Å²) in [4.78, 5) is 0. The van der Waals surface area contributed by atoms with Crippen molar-refractivity contribution in [3.63, 3.8) is 0 Å². The molecule has 2 aromatic carbocycles. The zero-order chi connectivity index (χ0) is 15.2. The Kier molecular flexibility index (Phi) is 4.40. The average Bonchev–Trinajstić information content (AvgIpc) is 2.37. The Hall–Kier alpha value is -0.680. The third-order valence-corrected chi connectivity index (χ3v) is 3.61. The minimum Gasteiger partial charge on any atom is -0.203 e. The molecule has 0 aromatic heterocycles. The van der Waals surface area contributed by atoms with Crippen molar-refractivity contribution >= 4 is 46.4 Å². The molecule has 2 rings (SSSR count). The number of benzene rings is 2. The van der Waals surface area contributed by atoms with Crippen molar-refractivity contribution in [2.75, 3.05) is 0 Å². The normalized spacial score (nSPS) is 11.0. The van der Waals surface area contributed by atoms with Gasteiger partial charge < -0.3 is 0 Å². The lowest BCUT2D eigenvalue weighted by atomic mass is 10.0. The first-order valence-electron chi connectivity index (χ1n) is 4.92. The van der Waals surface area contributed by atoms with E-state index >= 15 is 0 Å². The molecule has 2 aromatic rings. The molecule has 0 atom stereocenters. The van der Waals surface area contributed by atoms with Crippen molar-refractivity contribution in [2.45, 2.75) is 0 Å². The Balaban J connectivity index is 2.91. The Morgan fingerprint density at radius 1 is 0.600 bits per heavy atom. The van der Waals surface area contributed by atoms with Gasteiger partial charge in [-0.3, -0.25) is 0 Å². The fourth-order valence-corrected chi connectivity index (χ4v) is 2.78. The van der Waals surface area contributed by atoms with Crippen LogP contribution >= 0.6 is 46.4 Å². The molecular formula is C12H2Cl4F4. The number of hydrogen-bond donors (Lipinski definition) is 0. The van der Waals surface area contributed by atoms with E-state index in [-0.39, 0.29) is 15.1 Å². The standard InChI is InChI=1S/C12H2Cl4F4/c13-3-1-4(14)6(5(15)2-3)7-9(17)11(19)8(16)12(20)10(7)18/h1-2H. The smallest absolute Gasteiger partial charge is 0.181 e. The minimum atomic E-state index is -1.73. The molecule has 0 saturated heterocycles. The maximum Gasteiger partial charge on any atom is 0.181 e. The molecule has 0 aliphatic rings. The van der Waals surface area contributed by atoms with Crippen molar-refractivity contribution in [1.82, 2.24) is 0 Å². The summed E-state index contributed by atoms with van der Waals surface area (Å²) in [7, 11) is 0. The zero-order valence-electron chi connectivity index (χ0n) is 9.18. The van der Waals surface area contributed by atoms with Crippen molar-refractivity contribution in [3.8, 4) is 11.1 Å². The van der Waals surface area contributed by atoms with Gasteiger partial charge in [0.15, 0.2) is 23.3 Å². The molecule has 0 unspecified atom stereocenters. The van der Waals surface area contributed by atoms with Crippen molar-refractivity contribution in [1.29, 1.82) is 0 Å². The van der Waals surface area contributed by atoms with Gasteiger partial charge >= 0.3 is 0 Å². The van der Waals surface area contributed by atoms with E-state index in [2.05, 4.69) is 0 Å². The lowest BCUT2D eigenvalue weighted by Crippen LogP contribution is -2.01. The summed E-state index contributed by atoms with van der Waals surface area (Å²) in [6.45, 7) is 0. The van der Waals surface area contributed by atoms with Gasteiger partial charge in [0, 0.05) is 10.6 Å². The van der Waals surface area contributed by atoms with E-state index in [1.54, 1.807) is 0 Å². The molecule has 0 nitrogen and oxygen atoms in total. The van der Waals surface area contributed by atoms with Crippen LogP contribution in [0, 0.1) is 23.3 Å². The predicted octanol–water partition coefficient (Wildman–Crippen LogP) is 6.52. The highest BCUT2D eigenvalue weighted by molar-refractivity contribution is 6.41. The Morgan fingerprint density at radius 2 is 1.00 bits per heavy atom. The molecule has 0 radical (unpaired) electrons. The molecule has 0 aliphatic heterocycles. The molecule has 20 heavy (non-hydrogen) atoms. The third-order valence-electron chi connectivity index (χ3n) is 2.47. The van der Waals surface area contributed by atoms with Gasteiger partial charge in [-0.05, 0) is 12.1 Å². The second-order valence-corrected chi connectivity index (χ2v) is 5.32. The zero-order valence-corrected chi connectivity index (χ0v) is 12.2. The molecule has 106 valence electrons. The van der Waals surface area contributed by atoms with Gasteiger partial charge in [-0.15, -0.1) is 0 Å². The van der Waals surface area contributed by atoms with E-state index in [0.29, 0.717) is 0 Å².